The molecule has 2 heterocycles. The van der Waals surface area contributed by atoms with Crippen LogP contribution in [0.4, 0.5) is 10.5 Å². The van der Waals surface area contributed by atoms with E-state index in [0.29, 0.717) is 18.0 Å². The monoisotopic (exact) mass is 391 g/mol. The van der Waals surface area contributed by atoms with Crippen molar-refractivity contribution in [3.8, 4) is 5.75 Å². The van der Waals surface area contributed by atoms with Crippen molar-refractivity contribution in [2.75, 3.05) is 25.5 Å². The first-order valence-corrected chi connectivity index (χ1v) is 9.95. The van der Waals surface area contributed by atoms with Crippen LogP contribution < -0.4 is 10.1 Å². The first-order valence-electron chi connectivity index (χ1n) is 8.51. The van der Waals surface area contributed by atoms with Crippen LogP contribution >= 0.6 is 0 Å². The molecule has 2 aromatic rings. The predicted molar refractivity (Wildman–Crippen MR) is 99.1 cm³/mol. The number of anilines is 1. The molecule has 3 rings (SSSR count). The molecule has 1 aliphatic rings. The number of piperidine rings is 1. The van der Waals surface area contributed by atoms with Crippen LogP contribution in [-0.2, 0) is 14.8 Å². The highest BCUT2D eigenvalue weighted by Crippen LogP contribution is 2.24. The number of benzene rings is 1. The van der Waals surface area contributed by atoms with Crippen LogP contribution in [0.2, 0.25) is 0 Å². The Kier molecular flexibility index (Phi) is 5.92. The molecule has 1 aliphatic heterocycles. The van der Waals surface area contributed by atoms with E-state index in [2.05, 4.69) is 15.0 Å². The fourth-order valence-electron chi connectivity index (χ4n) is 2.86. The molecule has 1 N–H and O–H groups in total. The largest absolute Gasteiger partial charge is 0.489 e. The lowest BCUT2D eigenvalue weighted by molar-refractivity contribution is 0.129. The van der Waals surface area contributed by atoms with E-state index in [9.17, 15) is 13.2 Å². The molecule has 27 heavy (non-hydrogen) atoms. The van der Waals surface area contributed by atoms with Crippen molar-refractivity contribution >= 4 is 21.8 Å². The zero-order valence-electron chi connectivity index (χ0n) is 14.9. The van der Waals surface area contributed by atoms with Gasteiger partial charge in [-0.1, -0.05) is 0 Å². The van der Waals surface area contributed by atoms with Gasteiger partial charge < -0.3 is 9.47 Å². The summed E-state index contributed by atoms with van der Waals surface area (Å²) >= 11 is 0. The Morgan fingerprint density at radius 1 is 1.19 bits per heavy atom. The number of hydrogen-bond donors (Lipinski definition) is 1. The molecule has 0 bridgehead atoms. The minimum absolute atomic E-state index is 0.169. The van der Waals surface area contributed by atoms with Gasteiger partial charge in [-0.2, -0.15) is 4.31 Å². The summed E-state index contributed by atoms with van der Waals surface area (Å²) < 4.78 is 37.7. The Morgan fingerprint density at radius 3 is 2.56 bits per heavy atom. The van der Waals surface area contributed by atoms with Crippen LogP contribution in [0.25, 0.3) is 0 Å². The molecule has 0 radical (unpaired) electrons. The number of nitrogens with one attached hydrogen (secondary N) is 1. The van der Waals surface area contributed by atoms with E-state index < -0.39 is 16.1 Å². The van der Waals surface area contributed by atoms with E-state index in [0.717, 1.165) is 12.8 Å². The number of rotatable bonds is 5. The lowest BCUT2D eigenvalue weighted by Gasteiger charge is -2.32. The number of sulfonamides is 1. The van der Waals surface area contributed by atoms with Gasteiger partial charge in [0.1, 0.15) is 11.9 Å². The van der Waals surface area contributed by atoms with E-state index in [1.807, 2.05) is 0 Å². The van der Waals surface area contributed by atoms with Crippen LogP contribution in [0, 0.1) is 0 Å². The normalized spacial score (nSPS) is 17.9. The Bertz CT molecular complexity index is 872. The molecule has 144 valence electrons. The third-order valence-electron chi connectivity index (χ3n) is 4.22. The Balaban J connectivity index is 1.69. The summed E-state index contributed by atoms with van der Waals surface area (Å²) in [6, 6.07) is 9.49. The molecule has 1 aromatic heterocycles. The highest BCUT2D eigenvalue weighted by molar-refractivity contribution is 7.89. The third kappa shape index (κ3) is 4.75. The fraction of sp³-hybridized carbons (Fsp3) is 0.333. The molecule has 1 aromatic carbocycles. The van der Waals surface area contributed by atoms with Gasteiger partial charge in [0.05, 0.1) is 18.6 Å². The number of pyridine rings is 1. The molecule has 9 heteroatoms. The zero-order valence-corrected chi connectivity index (χ0v) is 15.7. The van der Waals surface area contributed by atoms with Crippen molar-refractivity contribution in [2.45, 2.75) is 23.8 Å². The molecule has 0 aliphatic carbocycles. The van der Waals surface area contributed by atoms with Crippen molar-refractivity contribution < 1.29 is 22.7 Å². The molecule has 0 spiro atoms. The van der Waals surface area contributed by atoms with Gasteiger partial charge in [-0.15, -0.1) is 0 Å². The molecule has 8 nitrogen and oxygen atoms in total. The maximum absolute atomic E-state index is 12.9. The number of amides is 1. The minimum atomic E-state index is -3.64. The van der Waals surface area contributed by atoms with E-state index >= 15 is 0 Å². The summed E-state index contributed by atoms with van der Waals surface area (Å²) in [4.78, 5) is 15.3. The summed E-state index contributed by atoms with van der Waals surface area (Å²) in [5.74, 6) is 0.674. The summed E-state index contributed by atoms with van der Waals surface area (Å²) in [6.07, 6.45) is 3.95. The summed E-state index contributed by atoms with van der Waals surface area (Å²) in [5, 5.41) is 2.49. The van der Waals surface area contributed by atoms with Gasteiger partial charge in [-0.25, -0.2) is 13.2 Å². The molecule has 1 saturated heterocycles. The molecule has 1 amide bonds. The highest BCUT2D eigenvalue weighted by Gasteiger charge is 2.31. The maximum Gasteiger partial charge on any atom is 0.411 e. The molecular weight excluding hydrogens is 370 g/mol. The number of ether oxygens (including phenoxy) is 2. The van der Waals surface area contributed by atoms with Crippen LogP contribution in [0.5, 0.6) is 5.75 Å². The Labute approximate surface area is 158 Å². The summed E-state index contributed by atoms with van der Waals surface area (Å²) in [6.45, 7) is 0.730. The quantitative estimate of drug-likeness (QED) is 0.841. The lowest BCUT2D eigenvalue weighted by atomic mass is 10.1. The van der Waals surface area contributed by atoms with E-state index in [1.165, 1.54) is 35.7 Å². The topological polar surface area (TPSA) is 97.8 Å². The minimum Gasteiger partial charge on any atom is -0.489 e. The summed E-state index contributed by atoms with van der Waals surface area (Å²) in [5.41, 5.74) is 0.457. The van der Waals surface area contributed by atoms with Crippen LogP contribution in [0.15, 0.2) is 53.7 Å². The number of aromatic nitrogens is 1. The third-order valence-corrected chi connectivity index (χ3v) is 6.10. The second kappa shape index (κ2) is 8.36. The van der Waals surface area contributed by atoms with E-state index in [4.69, 9.17) is 4.74 Å². The number of carbonyl (C=O) groups excluding carboxylic acids is 1. The lowest BCUT2D eigenvalue weighted by Crippen LogP contribution is -2.44. The first-order chi connectivity index (χ1) is 13.0. The standard InChI is InChI=1S/C18H21N3O5S/c1-25-18(22)20-14-4-6-17(7-5-14)27(23,24)21-12-2-3-16(13-21)26-15-8-10-19-11-9-15/h4-11,16H,2-3,12-13H2,1H3,(H,20,22). The smallest absolute Gasteiger partial charge is 0.411 e. The predicted octanol–water partition coefficient (Wildman–Crippen LogP) is 2.49. The zero-order chi connectivity index (χ0) is 19.3. The number of hydrogen-bond acceptors (Lipinski definition) is 6. The van der Waals surface area contributed by atoms with Crippen molar-refractivity contribution in [2.24, 2.45) is 0 Å². The Morgan fingerprint density at radius 2 is 1.89 bits per heavy atom. The van der Waals surface area contributed by atoms with Gasteiger partial charge in [0.2, 0.25) is 10.0 Å². The average Bonchev–Trinajstić information content (AvgIpc) is 2.69. The number of methoxy groups -OCH3 is 1. The second-order valence-corrected chi connectivity index (χ2v) is 8.01. The van der Waals surface area contributed by atoms with Gasteiger partial charge in [0, 0.05) is 24.6 Å². The molecule has 0 saturated carbocycles. The Hall–Kier alpha value is -2.65. The molecule has 1 atom stereocenters. The average molecular weight is 391 g/mol. The van der Waals surface area contributed by atoms with Gasteiger partial charge in [0.15, 0.2) is 0 Å². The van der Waals surface area contributed by atoms with Gasteiger partial charge >= 0.3 is 6.09 Å². The van der Waals surface area contributed by atoms with Crippen molar-refractivity contribution in [1.82, 2.24) is 9.29 Å². The van der Waals surface area contributed by atoms with Crippen LogP contribution in [0.3, 0.4) is 0 Å². The number of nitrogens with zero attached hydrogens (tertiary/aromatic N) is 2. The van der Waals surface area contributed by atoms with Crippen molar-refractivity contribution in [3.63, 3.8) is 0 Å². The molecular formula is C18H21N3O5S. The van der Waals surface area contributed by atoms with Gasteiger partial charge in [-0.3, -0.25) is 10.3 Å². The maximum atomic E-state index is 12.9. The van der Waals surface area contributed by atoms with E-state index in [-0.39, 0.29) is 17.5 Å². The van der Waals surface area contributed by atoms with Crippen molar-refractivity contribution in [1.29, 1.82) is 0 Å². The van der Waals surface area contributed by atoms with E-state index in [1.54, 1.807) is 24.5 Å². The SMILES string of the molecule is COC(=O)Nc1ccc(S(=O)(=O)N2CCCC(Oc3ccncc3)C2)cc1. The number of carbonyl (C=O) groups is 1. The second-order valence-electron chi connectivity index (χ2n) is 6.07. The first kappa shape index (κ1) is 19.1. The van der Waals surface area contributed by atoms with Gasteiger partial charge in [0.25, 0.3) is 0 Å². The highest BCUT2D eigenvalue weighted by atomic mass is 32.2. The summed E-state index contributed by atoms with van der Waals surface area (Å²) in [7, 11) is -2.38. The molecule has 1 unspecified atom stereocenters. The van der Waals surface area contributed by atoms with Gasteiger partial charge in [-0.05, 0) is 49.2 Å². The van der Waals surface area contributed by atoms with Crippen LogP contribution in [0.1, 0.15) is 12.8 Å². The molecule has 1 fully saturated rings. The fourth-order valence-corrected chi connectivity index (χ4v) is 4.37. The van der Waals surface area contributed by atoms with Crippen molar-refractivity contribution in [3.05, 3.63) is 48.8 Å². The van der Waals surface area contributed by atoms with Crippen LogP contribution in [-0.4, -0.2) is 50.1 Å².